The predicted octanol–water partition coefficient (Wildman–Crippen LogP) is 0.648. The molecule has 108 valence electrons. The molecule has 1 atom stereocenters. The summed E-state index contributed by atoms with van der Waals surface area (Å²) in [5.41, 5.74) is 4.26. The van der Waals surface area contributed by atoms with Gasteiger partial charge in [-0.05, 0) is 39.0 Å². The maximum atomic E-state index is 12.1. The van der Waals surface area contributed by atoms with E-state index in [1.54, 1.807) is 13.8 Å². The molecule has 2 amide bonds. The van der Waals surface area contributed by atoms with Gasteiger partial charge in [0.1, 0.15) is 5.54 Å². The van der Waals surface area contributed by atoms with Gasteiger partial charge in [0.05, 0.1) is 5.92 Å². The second-order valence-electron chi connectivity index (χ2n) is 5.43. The smallest absolute Gasteiger partial charge is 0.306 e. The third-order valence-corrected chi connectivity index (χ3v) is 4.10. The Balaban J connectivity index is 2.56. The fraction of sp³-hybridized carbons (Fsp3) is 0.769. The largest absolute Gasteiger partial charge is 0.481 e. The van der Waals surface area contributed by atoms with Crippen LogP contribution >= 0.6 is 0 Å². The second-order valence-corrected chi connectivity index (χ2v) is 5.43. The van der Waals surface area contributed by atoms with E-state index in [4.69, 9.17) is 10.8 Å². The van der Waals surface area contributed by atoms with Crippen LogP contribution in [0.2, 0.25) is 0 Å². The first-order valence-corrected chi connectivity index (χ1v) is 6.65. The Morgan fingerprint density at radius 1 is 1.21 bits per heavy atom. The Morgan fingerprint density at radius 2 is 1.68 bits per heavy atom. The Kier molecular flexibility index (Phi) is 4.91. The molecule has 0 aliphatic heterocycles. The molecule has 0 saturated heterocycles. The van der Waals surface area contributed by atoms with E-state index in [-0.39, 0.29) is 17.7 Å². The van der Waals surface area contributed by atoms with Crippen LogP contribution in [-0.2, 0) is 14.4 Å². The van der Waals surface area contributed by atoms with E-state index in [1.165, 1.54) is 0 Å². The zero-order valence-electron chi connectivity index (χ0n) is 11.4. The van der Waals surface area contributed by atoms with Crippen LogP contribution < -0.4 is 11.1 Å². The Morgan fingerprint density at radius 3 is 2.05 bits per heavy atom. The maximum Gasteiger partial charge on any atom is 0.306 e. The minimum atomic E-state index is -1.03. The summed E-state index contributed by atoms with van der Waals surface area (Å²) in [7, 11) is 0. The molecule has 6 heteroatoms. The average Bonchev–Trinajstić information content (AvgIpc) is 2.38. The van der Waals surface area contributed by atoms with Crippen LogP contribution in [0.25, 0.3) is 0 Å². The summed E-state index contributed by atoms with van der Waals surface area (Å²) in [6.45, 7) is 3.39. The molecule has 1 unspecified atom stereocenters. The van der Waals surface area contributed by atoms with E-state index in [2.05, 4.69) is 5.32 Å². The fourth-order valence-electron chi connectivity index (χ4n) is 2.30. The molecule has 1 saturated carbocycles. The van der Waals surface area contributed by atoms with E-state index in [0.717, 1.165) is 0 Å². The zero-order chi connectivity index (χ0) is 14.6. The van der Waals surface area contributed by atoms with Crippen molar-refractivity contribution in [3.8, 4) is 0 Å². The molecule has 1 aliphatic rings. The lowest BCUT2D eigenvalue weighted by Crippen LogP contribution is -2.56. The van der Waals surface area contributed by atoms with Gasteiger partial charge in [-0.25, -0.2) is 0 Å². The summed E-state index contributed by atoms with van der Waals surface area (Å²) in [6, 6.07) is 0. The van der Waals surface area contributed by atoms with Gasteiger partial charge in [0.15, 0.2) is 0 Å². The van der Waals surface area contributed by atoms with E-state index in [9.17, 15) is 14.4 Å². The summed E-state index contributed by atoms with van der Waals surface area (Å²) in [4.78, 5) is 34.3. The molecule has 0 aromatic heterocycles. The van der Waals surface area contributed by atoms with Crippen LogP contribution in [0.15, 0.2) is 0 Å². The number of hydrogen-bond acceptors (Lipinski definition) is 3. The highest BCUT2D eigenvalue weighted by molar-refractivity contribution is 5.90. The maximum absolute atomic E-state index is 12.1. The first-order chi connectivity index (χ1) is 8.80. The van der Waals surface area contributed by atoms with E-state index >= 15 is 0 Å². The van der Waals surface area contributed by atoms with Crippen molar-refractivity contribution < 1.29 is 19.5 Å². The molecule has 0 heterocycles. The van der Waals surface area contributed by atoms with E-state index < -0.39 is 17.4 Å². The molecule has 1 aliphatic carbocycles. The van der Waals surface area contributed by atoms with Crippen molar-refractivity contribution in [3.63, 3.8) is 0 Å². The molecule has 0 spiro atoms. The fourth-order valence-corrected chi connectivity index (χ4v) is 2.30. The second kappa shape index (κ2) is 6.04. The zero-order valence-corrected chi connectivity index (χ0v) is 11.4. The van der Waals surface area contributed by atoms with Gasteiger partial charge in [-0.2, -0.15) is 0 Å². The monoisotopic (exact) mass is 270 g/mol. The van der Waals surface area contributed by atoms with Crippen molar-refractivity contribution in [1.82, 2.24) is 5.32 Å². The van der Waals surface area contributed by atoms with Gasteiger partial charge >= 0.3 is 5.97 Å². The van der Waals surface area contributed by atoms with Crippen molar-refractivity contribution in [2.45, 2.75) is 51.5 Å². The lowest BCUT2D eigenvalue weighted by Gasteiger charge is -2.31. The molecule has 1 rings (SSSR count). The molecule has 6 nitrogen and oxygen atoms in total. The number of nitrogens with two attached hydrogens (primary N) is 1. The molecule has 0 bridgehead atoms. The molecule has 19 heavy (non-hydrogen) atoms. The van der Waals surface area contributed by atoms with Crippen molar-refractivity contribution in [1.29, 1.82) is 0 Å². The number of carbonyl (C=O) groups excluding carboxylic acids is 2. The number of nitrogens with one attached hydrogen (secondary N) is 1. The van der Waals surface area contributed by atoms with E-state index in [0.29, 0.717) is 32.1 Å². The number of primary amides is 1. The first-order valence-electron chi connectivity index (χ1n) is 6.65. The summed E-state index contributed by atoms with van der Waals surface area (Å²) < 4.78 is 0. The van der Waals surface area contributed by atoms with Crippen LogP contribution in [0.3, 0.4) is 0 Å². The lowest BCUT2D eigenvalue weighted by atomic mass is 9.81. The number of carboxylic acids is 1. The number of rotatable bonds is 5. The molecule has 0 aromatic rings. The van der Waals surface area contributed by atoms with Gasteiger partial charge in [0.2, 0.25) is 11.8 Å². The predicted molar refractivity (Wildman–Crippen MR) is 69.1 cm³/mol. The van der Waals surface area contributed by atoms with Gasteiger partial charge < -0.3 is 16.2 Å². The van der Waals surface area contributed by atoms with Gasteiger partial charge in [-0.1, -0.05) is 6.92 Å². The number of carbonyl (C=O) groups is 3. The third kappa shape index (κ3) is 3.68. The lowest BCUT2D eigenvalue weighted by molar-refractivity contribution is -0.144. The molecular weight excluding hydrogens is 248 g/mol. The van der Waals surface area contributed by atoms with Crippen LogP contribution in [0.5, 0.6) is 0 Å². The Labute approximate surface area is 112 Å². The van der Waals surface area contributed by atoms with E-state index in [1.807, 2.05) is 0 Å². The first kappa shape index (κ1) is 15.5. The van der Waals surface area contributed by atoms with Crippen molar-refractivity contribution in [2.24, 2.45) is 17.6 Å². The number of aliphatic carboxylic acids is 1. The van der Waals surface area contributed by atoms with Gasteiger partial charge in [-0.3, -0.25) is 14.4 Å². The highest BCUT2D eigenvalue weighted by Gasteiger charge is 2.35. The number of hydrogen-bond donors (Lipinski definition) is 3. The summed E-state index contributed by atoms with van der Waals surface area (Å²) in [5, 5.41) is 11.6. The summed E-state index contributed by atoms with van der Waals surface area (Å²) in [6.07, 6.45) is 2.53. The molecule has 4 N–H and O–H groups in total. The summed E-state index contributed by atoms with van der Waals surface area (Å²) in [5.74, 6) is -2.12. The van der Waals surface area contributed by atoms with Crippen molar-refractivity contribution >= 4 is 17.8 Å². The molecule has 0 aromatic carbocycles. The number of carboxylic acid groups (broad SMARTS) is 1. The van der Waals surface area contributed by atoms with Crippen LogP contribution in [-0.4, -0.2) is 28.4 Å². The number of amides is 2. The topological polar surface area (TPSA) is 109 Å². The average molecular weight is 270 g/mol. The molecule has 1 fully saturated rings. The SMILES string of the molecule is CCC(C)(NC(=O)C1CCC(C(=O)O)CC1)C(N)=O. The summed E-state index contributed by atoms with van der Waals surface area (Å²) >= 11 is 0. The van der Waals surface area contributed by atoms with Gasteiger partial charge in [0, 0.05) is 5.92 Å². The van der Waals surface area contributed by atoms with Gasteiger partial charge in [-0.15, -0.1) is 0 Å². The Hall–Kier alpha value is -1.59. The third-order valence-electron chi connectivity index (χ3n) is 4.10. The molecular formula is C13H22N2O4. The minimum Gasteiger partial charge on any atom is -0.481 e. The Bertz CT molecular complexity index is 375. The molecule has 0 radical (unpaired) electrons. The van der Waals surface area contributed by atoms with Crippen LogP contribution in [0.4, 0.5) is 0 Å². The standard InChI is InChI=1S/C13H22N2O4/c1-3-13(2,12(14)19)15-10(16)8-4-6-9(7-5-8)11(17)18/h8-9H,3-7H2,1-2H3,(H2,14,19)(H,15,16)(H,17,18). The normalized spacial score (nSPS) is 26.2. The van der Waals surface area contributed by atoms with Crippen LogP contribution in [0.1, 0.15) is 46.0 Å². The van der Waals surface area contributed by atoms with Crippen molar-refractivity contribution in [3.05, 3.63) is 0 Å². The minimum absolute atomic E-state index is 0.202. The van der Waals surface area contributed by atoms with Crippen LogP contribution in [0, 0.1) is 11.8 Å². The van der Waals surface area contributed by atoms with Gasteiger partial charge in [0.25, 0.3) is 0 Å². The highest BCUT2D eigenvalue weighted by atomic mass is 16.4. The quantitative estimate of drug-likeness (QED) is 0.681. The highest BCUT2D eigenvalue weighted by Crippen LogP contribution is 2.29. The van der Waals surface area contributed by atoms with Crippen molar-refractivity contribution in [2.75, 3.05) is 0 Å².